The number of nitrogens with zero attached hydrogens (tertiary/aromatic N) is 3. The summed E-state index contributed by atoms with van der Waals surface area (Å²) in [6, 6.07) is -0.231. The average molecular weight is 399 g/mol. The Kier molecular flexibility index (Phi) is 4.81. The van der Waals surface area contributed by atoms with E-state index in [1.165, 1.54) is 31.8 Å². The summed E-state index contributed by atoms with van der Waals surface area (Å²) in [5, 5.41) is 3.40. The van der Waals surface area contributed by atoms with Gasteiger partial charge in [-0.15, -0.1) is 0 Å². The molecule has 2 aliphatic heterocycles. The van der Waals surface area contributed by atoms with Crippen molar-refractivity contribution in [2.24, 2.45) is 11.8 Å². The van der Waals surface area contributed by atoms with E-state index in [0.717, 1.165) is 19.4 Å². The number of rotatable bonds is 4. The highest BCUT2D eigenvalue weighted by molar-refractivity contribution is 7.91. The van der Waals surface area contributed by atoms with Gasteiger partial charge in [0.15, 0.2) is 9.84 Å². The van der Waals surface area contributed by atoms with Crippen LogP contribution in [0, 0.1) is 11.8 Å². The number of anilines is 1. The minimum Gasteiger partial charge on any atom is -0.364 e. The van der Waals surface area contributed by atoms with Crippen LogP contribution in [0.1, 0.15) is 32.1 Å². The molecule has 0 radical (unpaired) electrons. The third-order valence-corrected chi connectivity index (χ3v) is 7.95. The largest absolute Gasteiger partial charge is 0.364 e. The first-order valence-electron chi connectivity index (χ1n) is 9.17. The highest BCUT2D eigenvalue weighted by Gasteiger charge is 2.47. The smallest absolute Gasteiger partial charge is 0.229 e. The van der Waals surface area contributed by atoms with E-state index in [9.17, 15) is 13.2 Å². The molecule has 9 heteroatoms. The van der Waals surface area contributed by atoms with E-state index in [2.05, 4.69) is 15.3 Å². The third-order valence-electron chi connectivity index (χ3n) is 5.94. The minimum atomic E-state index is -3.28. The van der Waals surface area contributed by atoms with Gasteiger partial charge in [0.1, 0.15) is 17.2 Å². The lowest BCUT2D eigenvalue weighted by atomic mass is 9.78. The van der Waals surface area contributed by atoms with Crippen molar-refractivity contribution in [2.45, 2.75) is 44.2 Å². The number of halogens is 1. The van der Waals surface area contributed by atoms with Crippen LogP contribution >= 0.6 is 11.6 Å². The molecule has 1 N–H and O–H groups in total. The van der Waals surface area contributed by atoms with Gasteiger partial charge in [-0.1, -0.05) is 18.0 Å². The second kappa shape index (κ2) is 6.96. The van der Waals surface area contributed by atoms with Crippen LogP contribution in [0.2, 0.25) is 5.02 Å². The van der Waals surface area contributed by atoms with Gasteiger partial charge in [-0.3, -0.25) is 4.79 Å². The fourth-order valence-corrected chi connectivity index (χ4v) is 6.50. The molecule has 1 saturated carbocycles. The summed E-state index contributed by atoms with van der Waals surface area (Å²) in [5.41, 5.74) is 0. The highest BCUT2D eigenvalue weighted by Crippen LogP contribution is 2.38. The number of carbonyl (C=O) groups excluding carboxylic acids is 1. The molecule has 7 nitrogen and oxygen atoms in total. The maximum Gasteiger partial charge on any atom is 0.229 e. The molecule has 3 atom stereocenters. The molecular weight excluding hydrogens is 376 g/mol. The average Bonchev–Trinajstić information content (AvgIpc) is 3.12. The Labute approximate surface area is 158 Å². The number of nitrogens with one attached hydrogen (secondary N) is 1. The normalized spacial score (nSPS) is 31.0. The van der Waals surface area contributed by atoms with Crippen LogP contribution in [0.15, 0.2) is 12.5 Å². The summed E-state index contributed by atoms with van der Waals surface area (Å²) in [4.78, 5) is 23.1. The van der Waals surface area contributed by atoms with Crippen LogP contribution in [0.4, 0.5) is 5.82 Å². The molecule has 2 saturated heterocycles. The summed E-state index contributed by atoms with van der Waals surface area (Å²) in [7, 11) is -3.28. The molecule has 3 heterocycles. The molecule has 0 bridgehead atoms. The second-order valence-corrected chi connectivity index (χ2v) is 10.1. The molecule has 1 aromatic heterocycles. The Morgan fingerprint density at radius 2 is 2.04 bits per heavy atom. The molecule has 0 spiro atoms. The van der Waals surface area contributed by atoms with Crippen molar-refractivity contribution in [1.82, 2.24) is 14.9 Å². The zero-order valence-corrected chi connectivity index (χ0v) is 16.0. The number of likely N-dealkylation sites (tertiary alicyclic amines) is 1. The number of sulfone groups is 1. The van der Waals surface area contributed by atoms with E-state index >= 15 is 0 Å². The molecule has 4 rings (SSSR count). The van der Waals surface area contributed by atoms with E-state index in [1.807, 2.05) is 4.90 Å². The van der Waals surface area contributed by atoms with Crippen LogP contribution in [-0.4, -0.2) is 59.3 Å². The van der Waals surface area contributed by atoms with Gasteiger partial charge in [-0.05, 0) is 31.6 Å². The summed E-state index contributed by atoms with van der Waals surface area (Å²) in [6.07, 6.45) is 8.42. The minimum absolute atomic E-state index is 0.0387. The first-order chi connectivity index (χ1) is 12.4. The Morgan fingerprint density at radius 3 is 2.73 bits per heavy atom. The third kappa shape index (κ3) is 3.41. The standard InChI is InChI=1S/C17H23ClN4O3S/c18-13-7-19-10-20-16(13)21-14-9-26(24,25)8-12(14)17(23)22-6-2-5-15(22)11-3-1-4-11/h7,10-12,14-15H,1-6,8-9H2,(H,19,20,21)/t12-,14-,15?/m1/s1. The van der Waals surface area contributed by atoms with Crippen molar-refractivity contribution in [2.75, 3.05) is 23.4 Å². The lowest BCUT2D eigenvalue weighted by Crippen LogP contribution is -2.48. The molecule has 0 aromatic carbocycles. The number of hydrogen-bond donors (Lipinski definition) is 1. The lowest BCUT2D eigenvalue weighted by Gasteiger charge is -2.38. The zero-order valence-electron chi connectivity index (χ0n) is 14.5. The Bertz CT molecular complexity index is 799. The van der Waals surface area contributed by atoms with Gasteiger partial charge in [-0.25, -0.2) is 18.4 Å². The molecule has 1 aliphatic carbocycles. The molecule has 142 valence electrons. The number of amides is 1. The van der Waals surface area contributed by atoms with E-state index in [1.54, 1.807) is 0 Å². The highest BCUT2D eigenvalue weighted by atomic mass is 35.5. The number of aromatic nitrogens is 2. The fourth-order valence-electron chi connectivity index (χ4n) is 4.42. The van der Waals surface area contributed by atoms with Crippen molar-refractivity contribution in [1.29, 1.82) is 0 Å². The molecule has 3 aliphatic rings. The van der Waals surface area contributed by atoms with E-state index < -0.39 is 21.8 Å². The van der Waals surface area contributed by atoms with Gasteiger partial charge in [0.25, 0.3) is 0 Å². The van der Waals surface area contributed by atoms with Crippen molar-refractivity contribution < 1.29 is 13.2 Å². The van der Waals surface area contributed by atoms with Gasteiger partial charge in [-0.2, -0.15) is 0 Å². The molecule has 3 fully saturated rings. The predicted octanol–water partition coefficient (Wildman–Crippen LogP) is 1.75. The van der Waals surface area contributed by atoms with Crippen LogP contribution in [0.25, 0.3) is 0 Å². The van der Waals surface area contributed by atoms with Gasteiger partial charge >= 0.3 is 0 Å². The quantitative estimate of drug-likeness (QED) is 0.830. The lowest BCUT2D eigenvalue weighted by molar-refractivity contribution is -0.137. The maximum atomic E-state index is 13.2. The molecule has 26 heavy (non-hydrogen) atoms. The summed E-state index contributed by atoms with van der Waals surface area (Å²) in [5.74, 6) is 0.141. The van der Waals surface area contributed by atoms with Crippen molar-refractivity contribution in [3.8, 4) is 0 Å². The molecule has 1 aromatic rings. The molecule has 1 amide bonds. The number of hydrogen-bond acceptors (Lipinski definition) is 6. The first-order valence-corrected chi connectivity index (χ1v) is 11.4. The van der Waals surface area contributed by atoms with Gasteiger partial charge < -0.3 is 10.2 Å². The van der Waals surface area contributed by atoms with Crippen LogP contribution in [-0.2, 0) is 14.6 Å². The monoisotopic (exact) mass is 398 g/mol. The van der Waals surface area contributed by atoms with E-state index in [0.29, 0.717) is 16.8 Å². The first kappa shape index (κ1) is 18.0. The van der Waals surface area contributed by atoms with Crippen molar-refractivity contribution in [3.05, 3.63) is 17.5 Å². The van der Waals surface area contributed by atoms with Crippen molar-refractivity contribution in [3.63, 3.8) is 0 Å². The zero-order chi connectivity index (χ0) is 18.3. The maximum absolute atomic E-state index is 13.2. The van der Waals surface area contributed by atoms with Crippen LogP contribution in [0.3, 0.4) is 0 Å². The summed E-state index contributed by atoms with van der Waals surface area (Å²) in [6.45, 7) is 0.734. The predicted molar refractivity (Wildman–Crippen MR) is 98.7 cm³/mol. The summed E-state index contributed by atoms with van der Waals surface area (Å²) < 4.78 is 24.5. The van der Waals surface area contributed by atoms with Crippen molar-refractivity contribution >= 4 is 33.2 Å². The Balaban J connectivity index is 1.54. The topological polar surface area (TPSA) is 92.3 Å². The van der Waals surface area contributed by atoms with Gasteiger partial charge in [0.05, 0.1) is 29.7 Å². The fraction of sp³-hybridized carbons (Fsp3) is 0.706. The van der Waals surface area contributed by atoms with Gasteiger partial charge in [0.2, 0.25) is 5.91 Å². The van der Waals surface area contributed by atoms with E-state index in [4.69, 9.17) is 11.6 Å². The summed E-state index contributed by atoms with van der Waals surface area (Å²) >= 11 is 6.09. The Morgan fingerprint density at radius 1 is 1.23 bits per heavy atom. The Hall–Kier alpha value is -1.41. The van der Waals surface area contributed by atoms with E-state index in [-0.39, 0.29) is 23.5 Å². The second-order valence-electron chi connectivity index (χ2n) is 7.59. The van der Waals surface area contributed by atoms with Crippen LogP contribution in [0.5, 0.6) is 0 Å². The van der Waals surface area contributed by atoms with Crippen LogP contribution < -0.4 is 5.32 Å². The van der Waals surface area contributed by atoms with Gasteiger partial charge in [0, 0.05) is 12.6 Å². The molecular formula is C17H23ClN4O3S. The molecule has 1 unspecified atom stereocenters. The SMILES string of the molecule is O=C([C@@H]1CS(=O)(=O)C[C@H]1Nc1ncncc1Cl)N1CCCC1C1CCC1. The number of carbonyl (C=O) groups is 1.